The molecule has 0 aliphatic carbocycles. The van der Waals surface area contributed by atoms with Crippen molar-refractivity contribution >= 4 is 22.4 Å². The topological polar surface area (TPSA) is 193 Å². The second-order valence-corrected chi connectivity index (χ2v) is 2.48. The molecular weight excluding hydrogens is 232 g/mol. The maximum Gasteiger partial charge on any atom is 0.394 e. The van der Waals surface area contributed by atoms with Crippen LogP contribution in [0.5, 0.6) is 0 Å². The molecular formula is C4H14N4O6S. The highest BCUT2D eigenvalue weighted by molar-refractivity contribution is 7.79. The fourth-order valence-electron chi connectivity index (χ4n) is 0. The van der Waals surface area contributed by atoms with Crippen LogP contribution in [0, 0.1) is 10.8 Å². The molecule has 0 aliphatic heterocycles. The fourth-order valence-corrected chi connectivity index (χ4v) is 0. The molecule has 0 aliphatic rings. The molecule has 8 N–H and O–H groups in total. The van der Waals surface area contributed by atoms with E-state index in [1.54, 1.807) is 0 Å². The summed E-state index contributed by atoms with van der Waals surface area (Å²) in [6.07, 6.45) is 0. The van der Waals surface area contributed by atoms with E-state index in [0.717, 1.165) is 0 Å². The van der Waals surface area contributed by atoms with Crippen LogP contribution in [0.4, 0.5) is 0 Å². The number of methoxy groups -OCH3 is 2. The Labute approximate surface area is 86.8 Å². The molecule has 0 spiro atoms. The van der Waals surface area contributed by atoms with Crippen LogP contribution in [0.15, 0.2) is 0 Å². The minimum absolute atomic E-state index is 0.245. The first-order valence-corrected chi connectivity index (χ1v) is 4.40. The normalized spacial score (nSPS) is 8.27. The first-order valence-electron chi connectivity index (χ1n) is 3.00. The highest BCUT2D eigenvalue weighted by atomic mass is 32.3. The first kappa shape index (κ1) is 19.1. The number of nitrogens with one attached hydrogen (secondary N) is 2. The van der Waals surface area contributed by atoms with Crippen molar-refractivity contribution in [3.8, 4) is 0 Å². The quantitative estimate of drug-likeness (QED) is 0.167. The average molecular weight is 246 g/mol. The van der Waals surface area contributed by atoms with Gasteiger partial charge in [0.1, 0.15) is 0 Å². The Morgan fingerprint density at radius 2 is 1.13 bits per heavy atom. The lowest BCUT2D eigenvalue weighted by Crippen LogP contribution is -2.10. The molecule has 0 aromatic heterocycles. The van der Waals surface area contributed by atoms with Gasteiger partial charge in [-0.25, -0.2) is 0 Å². The van der Waals surface area contributed by atoms with Gasteiger partial charge in [0.2, 0.25) is 0 Å². The largest absolute Gasteiger partial charge is 0.469 e. The van der Waals surface area contributed by atoms with Crippen molar-refractivity contribution < 1.29 is 27.0 Å². The molecule has 0 radical (unpaired) electrons. The predicted octanol–water partition coefficient (Wildman–Crippen LogP) is -1.60. The minimum Gasteiger partial charge on any atom is -0.469 e. The van der Waals surface area contributed by atoms with Gasteiger partial charge in [0.05, 0.1) is 14.2 Å². The van der Waals surface area contributed by atoms with Gasteiger partial charge in [0, 0.05) is 0 Å². The maximum absolute atomic E-state index is 8.74. The Hall–Kier alpha value is -1.59. The van der Waals surface area contributed by atoms with E-state index in [2.05, 4.69) is 20.9 Å². The van der Waals surface area contributed by atoms with Gasteiger partial charge in [-0.05, 0) is 0 Å². The average Bonchev–Trinajstić information content (AvgIpc) is 2.02. The molecule has 0 saturated carbocycles. The second-order valence-electron chi connectivity index (χ2n) is 1.58. The van der Waals surface area contributed by atoms with Crippen LogP contribution >= 0.6 is 0 Å². The number of amidine groups is 2. The Morgan fingerprint density at radius 1 is 1.07 bits per heavy atom. The summed E-state index contributed by atoms with van der Waals surface area (Å²) in [6.45, 7) is 0. The Morgan fingerprint density at radius 3 is 1.13 bits per heavy atom. The monoisotopic (exact) mass is 246 g/mol. The molecule has 0 rings (SSSR count). The van der Waals surface area contributed by atoms with Crippen LogP contribution in [0.3, 0.4) is 0 Å². The van der Waals surface area contributed by atoms with Crippen molar-refractivity contribution in [3.05, 3.63) is 0 Å². The molecule has 0 aromatic carbocycles. The third-order valence-electron chi connectivity index (χ3n) is 0.440. The SMILES string of the molecule is COC(=N)N.COC(=N)N.O=S(=O)(O)O. The summed E-state index contributed by atoms with van der Waals surface area (Å²) in [7, 11) is -1.97. The van der Waals surface area contributed by atoms with Crippen molar-refractivity contribution in [1.82, 2.24) is 0 Å². The standard InChI is InChI=1S/2C2H6N2O.H2O4S/c2*1-5-2(3)4;1-5(2,3)4/h2*1H3,(H3,3,4);(H2,1,2,3,4). The summed E-state index contributed by atoms with van der Waals surface area (Å²) in [4.78, 5) is 0. The zero-order chi connectivity index (χ0) is 13.1. The van der Waals surface area contributed by atoms with E-state index in [9.17, 15) is 0 Å². The molecule has 0 bridgehead atoms. The molecule has 0 atom stereocenters. The summed E-state index contributed by atoms with van der Waals surface area (Å²) in [5.74, 6) is 0. The lowest BCUT2D eigenvalue weighted by Gasteiger charge is -1.85. The summed E-state index contributed by atoms with van der Waals surface area (Å²) in [5, 5.41) is 12.6. The van der Waals surface area contributed by atoms with Crippen molar-refractivity contribution in [1.29, 1.82) is 10.8 Å². The smallest absolute Gasteiger partial charge is 0.394 e. The molecule has 10 nitrogen and oxygen atoms in total. The van der Waals surface area contributed by atoms with Crippen LogP contribution in [0.25, 0.3) is 0 Å². The highest BCUT2D eigenvalue weighted by Crippen LogP contribution is 1.59. The van der Waals surface area contributed by atoms with E-state index in [4.69, 9.17) is 28.3 Å². The van der Waals surface area contributed by atoms with Gasteiger partial charge >= 0.3 is 10.4 Å². The fraction of sp³-hybridized carbons (Fsp3) is 0.500. The summed E-state index contributed by atoms with van der Waals surface area (Å²) in [6, 6.07) is -0.491. The van der Waals surface area contributed by atoms with Gasteiger partial charge in [-0.3, -0.25) is 19.9 Å². The predicted molar refractivity (Wildman–Crippen MR) is 52.0 cm³/mol. The van der Waals surface area contributed by atoms with Crippen LogP contribution < -0.4 is 11.5 Å². The second kappa shape index (κ2) is 10.5. The van der Waals surface area contributed by atoms with Crippen molar-refractivity contribution in [3.63, 3.8) is 0 Å². The van der Waals surface area contributed by atoms with E-state index >= 15 is 0 Å². The van der Waals surface area contributed by atoms with Crippen LogP contribution in [-0.4, -0.2) is 43.8 Å². The molecule has 15 heavy (non-hydrogen) atoms. The summed E-state index contributed by atoms with van der Waals surface area (Å²) < 4.78 is 39.8. The Bertz CT molecular complexity index is 253. The summed E-state index contributed by atoms with van der Waals surface area (Å²) >= 11 is 0. The zero-order valence-corrected chi connectivity index (χ0v) is 8.91. The van der Waals surface area contributed by atoms with Gasteiger partial charge in [-0.1, -0.05) is 0 Å². The Kier molecular flexibility index (Phi) is 13.3. The third kappa shape index (κ3) is 232. The van der Waals surface area contributed by atoms with Gasteiger partial charge in [-0.2, -0.15) is 8.42 Å². The lowest BCUT2D eigenvalue weighted by atomic mass is 11.2. The molecule has 92 valence electrons. The number of rotatable bonds is 0. The summed E-state index contributed by atoms with van der Waals surface area (Å²) in [5.41, 5.74) is 9.31. The van der Waals surface area contributed by atoms with Crippen molar-refractivity contribution in [2.75, 3.05) is 14.2 Å². The molecule has 0 fully saturated rings. The van der Waals surface area contributed by atoms with Crippen molar-refractivity contribution in [2.45, 2.75) is 0 Å². The van der Waals surface area contributed by atoms with Gasteiger partial charge in [0.15, 0.2) is 0 Å². The molecule has 0 heterocycles. The van der Waals surface area contributed by atoms with Crippen LogP contribution in [0.1, 0.15) is 0 Å². The Balaban J connectivity index is -0.000000144. The van der Waals surface area contributed by atoms with E-state index in [-0.39, 0.29) is 12.0 Å². The maximum atomic E-state index is 8.74. The van der Waals surface area contributed by atoms with E-state index in [1.807, 2.05) is 0 Å². The van der Waals surface area contributed by atoms with Crippen LogP contribution in [-0.2, 0) is 19.9 Å². The number of hydrogen-bond donors (Lipinski definition) is 6. The van der Waals surface area contributed by atoms with Gasteiger partial charge < -0.3 is 20.9 Å². The molecule has 0 aromatic rings. The number of ether oxygens (including phenoxy) is 2. The first-order chi connectivity index (χ1) is 6.54. The van der Waals surface area contributed by atoms with Gasteiger partial charge in [-0.15, -0.1) is 0 Å². The minimum atomic E-state index is -4.67. The van der Waals surface area contributed by atoms with E-state index in [1.165, 1.54) is 14.2 Å². The van der Waals surface area contributed by atoms with Crippen LogP contribution in [0.2, 0.25) is 0 Å². The molecule has 0 amide bonds. The molecule has 0 saturated heterocycles. The molecule has 0 unspecified atom stereocenters. The number of nitrogens with two attached hydrogens (primary N) is 2. The third-order valence-corrected chi connectivity index (χ3v) is 0.440. The highest BCUT2D eigenvalue weighted by Gasteiger charge is 1.84. The van der Waals surface area contributed by atoms with Gasteiger partial charge in [0.25, 0.3) is 12.0 Å². The van der Waals surface area contributed by atoms with E-state index < -0.39 is 10.4 Å². The number of hydrogen-bond acceptors (Lipinski definition) is 6. The van der Waals surface area contributed by atoms with Crippen molar-refractivity contribution in [2.24, 2.45) is 11.5 Å². The zero-order valence-electron chi connectivity index (χ0n) is 8.09. The molecule has 11 heteroatoms. The van der Waals surface area contributed by atoms with E-state index in [0.29, 0.717) is 0 Å². The lowest BCUT2D eigenvalue weighted by molar-refractivity contribution is 0.380.